The molecular formula is C18H18N6O2. The van der Waals surface area contributed by atoms with Crippen LogP contribution in [0.15, 0.2) is 54.9 Å². The van der Waals surface area contributed by atoms with Crippen LogP contribution in [-0.2, 0) is 11.2 Å². The Balaban J connectivity index is 1.48. The van der Waals surface area contributed by atoms with E-state index in [9.17, 15) is 9.59 Å². The summed E-state index contributed by atoms with van der Waals surface area (Å²) in [6.07, 6.45) is 2.37. The lowest BCUT2D eigenvalue weighted by Gasteiger charge is -2.08. The van der Waals surface area contributed by atoms with Crippen molar-refractivity contribution in [2.75, 3.05) is 0 Å². The van der Waals surface area contributed by atoms with E-state index >= 15 is 0 Å². The lowest BCUT2D eigenvalue weighted by atomic mass is 10.1. The first-order valence-corrected chi connectivity index (χ1v) is 8.10. The molecule has 0 fully saturated rings. The Morgan fingerprint density at radius 1 is 1.08 bits per heavy atom. The van der Waals surface area contributed by atoms with Gasteiger partial charge in [-0.2, -0.15) is 0 Å². The Morgan fingerprint density at radius 2 is 1.88 bits per heavy atom. The molecule has 0 radical (unpaired) electrons. The van der Waals surface area contributed by atoms with Gasteiger partial charge in [0.15, 0.2) is 0 Å². The fourth-order valence-corrected chi connectivity index (χ4v) is 2.43. The van der Waals surface area contributed by atoms with Gasteiger partial charge in [0.05, 0.1) is 5.69 Å². The van der Waals surface area contributed by atoms with Crippen LogP contribution >= 0.6 is 0 Å². The van der Waals surface area contributed by atoms with Crippen molar-refractivity contribution in [2.24, 2.45) is 0 Å². The molecule has 132 valence electrons. The fraction of sp³-hybridized carbons (Fsp3) is 0.167. The maximum Gasteiger partial charge on any atom is 0.269 e. The van der Waals surface area contributed by atoms with Crippen LogP contribution in [0.5, 0.6) is 0 Å². The number of aryl methyl sites for hydroxylation is 2. The molecule has 0 saturated heterocycles. The molecule has 26 heavy (non-hydrogen) atoms. The highest BCUT2D eigenvalue weighted by Crippen LogP contribution is 2.08. The van der Waals surface area contributed by atoms with E-state index in [0.717, 1.165) is 16.8 Å². The van der Waals surface area contributed by atoms with E-state index in [1.54, 1.807) is 24.3 Å². The van der Waals surface area contributed by atoms with E-state index in [2.05, 4.69) is 26.4 Å². The summed E-state index contributed by atoms with van der Waals surface area (Å²) in [6, 6.07) is 14.7. The van der Waals surface area contributed by atoms with Crippen LogP contribution in [-0.4, -0.2) is 32.0 Å². The number of benzene rings is 2. The third kappa shape index (κ3) is 4.50. The normalized spacial score (nSPS) is 10.3. The van der Waals surface area contributed by atoms with Crippen molar-refractivity contribution in [2.45, 2.75) is 19.8 Å². The molecule has 3 rings (SSSR count). The van der Waals surface area contributed by atoms with Gasteiger partial charge in [0.2, 0.25) is 5.91 Å². The summed E-state index contributed by atoms with van der Waals surface area (Å²) < 4.78 is 1.48. The molecule has 8 heteroatoms. The zero-order valence-corrected chi connectivity index (χ0v) is 14.2. The molecule has 2 amide bonds. The van der Waals surface area contributed by atoms with E-state index in [4.69, 9.17) is 0 Å². The number of hydrogen-bond donors (Lipinski definition) is 2. The van der Waals surface area contributed by atoms with Crippen LogP contribution in [0.25, 0.3) is 5.69 Å². The maximum absolute atomic E-state index is 12.1. The highest BCUT2D eigenvalue weighted by atomic mass is 16.2. The highest BCUT2D eigenvalue weighted by Gasteiger charge is 2.08. The van der Waals surface area contributed by atoms with Crippen LogP contribution in [0, 0.1) is 6.92 Å². The summed E-state index contributed by atoms with van der Waals surface area (Å²) in [4.78, 5) is 24.0. The Morgan fingerprint density at radius 3 is 2.58 bits per heavy atom. The van der Waals surface area contributed by atoms with Crippen LogP contribution < -0.4 is 10.9 Å². The average molecular weight is 350 g/mol. The van der Waals surface area contributed by atoms with E-state index in [-0.39, 0.29) is 5.91 Å². The smallest absolute Gasteiger partial charge is 0.269 e. The first kappa shape index (κ1) is 17.3. The van der Waals surface area contributed by atoms with Gasteiger partial charge in [-0.3, -0.25) is 20.4 Å². The van der Waals surface area contributed by atoms with Crippen LogP contribution in [0.4, 0.5) is 0 Å². The van der Waals surface area contributed by atoms with Crippen molar-refractivity contribution in [3.05, 3.63) is 71.5 Å². The van der Waals surface area contributed by atoms with Gasteiger partial charge in [0.25, 0.3) is 5.91 Å². The second-order valence-electron chi connectivity index (χ2n) is 5.79. The molecule has 1 heterocycles. The lowest BCUT2D eigenvalue weighted by molar-refractivity contribution is -0.121. The van der Waals surface area contributed by atoms with Gasteiger partial charge in [-0.1, -0.05) is 29.8 Å². The molecule has 2 aromatic carbocycles. The summed E-state index contributed by atoms with van der Waals surface area (Å²) in [6.45, 7) is 2.01. The highest BCUT2D eigenvalue weighted by molar-refractivity contribution is 5.95. The SMILES string of the molecule is Cc1cccc(CCC(=O)NNC(=O)c2ccc(-n3cnnn3)cc2)c1. The second kappa shape index (κ2) is 8.02. The van der Waals surface area contributed by atoms with Gasteiger partial charge in [0.1, 0.15) is 6.33 Å². The zero-order valence-electron chi connectivity index (χ0n) is 14.2. The number of hydrazine groups is 1. The molecule has 3 aromatic rings. The topological polar surface area (TPSA) is 102 Å². The van der Waals surface area contributed by atoms with Crippen molar-refractivity contribution in [3.8, 4) is 5.69 Å². The molecule has 0 spiro atoms. The van der Waals surface area contributed by atoms with Crippen molar-refractivity contribution >= 4 is 11.8 Å². The summed E-state index contributed by atoms with van der Waals surface area (Å²) >= 11 is 0. The zero-order chi connectivity index (χ0) is 18.4. The fourth-order valence-electron chi connectivity index (χ4n) is 2.43. The van der Waals surface area contributed by atoms with Crippen molar-refractivity contribution in [1.82, 2.24) is 31.1 Å². The van der Waals surface area contributed by atoms with Crippen LogP contribution in [0.3, 0.4) is 0 Å². The number of nitrogens with zero attached hydrogens (tertiary/aromatic N) is 4. The standard InChI is InChI=1S/C18H18N6O2/c1-13-3-2-4-14(11-13)5-10-17(25)20-21-18(26)15-6-8-16(9-7-15)24-12-19-22-23-24/h2-4,6-9,11-12H,5,10H2,1H3,(H,20,25)(H,21,26). The largest absolute Gasteiger partial charge is 0.273 e. The summed E-state index contributed by atoms with van der Waals surface area (Å²) in [5.74, 6) is -0.637. The molecule has 0 aliphatic carbocycles. The molecule has 0 aliphatic rings. The molecular weight excluding hydrogens is 332 g/mol. The molecule has 1 aromatic heterocycles. The van der Waals surface area contributed by atoms with E-state index < -0.39 is 5.91 Å². The molecule has 0 bridgehead atoms. The van der Waals surface area contributed by atoms with E-state index in [0.29, 0.717) is 18.4 Å². The third-order valence-electron chi connectivity index (χ3n) is 3.78. The van der Waals surface area contributed by atoms with Gasteiger partial charge >= 0.3 is 0 Å². The summed E-state index contributed by atoms with van der Waals surface area (Å²) in [5.41, 5.74) is 8.24. The first-order valence-electron chi connectivity index (χ1n) is 8.10. The Hall–Kier alpha value is -3.55. The van der Waals surface area contributed by atoms with Gasteiger partial charge in [-0.25, -0.2) is 4.68 Å². The minimum atomic E-state index is -0.392. The summed E-state index contributed by atoms with van der Waals surface area (Å²) in [7, 11) is 0. The van der Waals surface area contributed by atoms with Crippen LogP contribution in [0.1, 0.15) is 27.9 Å². The Labute approximate surface area is 150 Å². The Kier molecular flexibility index (Phi) is 5.33. The van der Waals surface area contributed by atoms with Gasteiger partial charge in [-0.15, -0.1) is 5.10 Å². The predicted octanol–water partition coefficient (Wildman–Crippen LogP) is 1.36. The second-order valence-corrected chi connectivity index (χ2v) is 5.79. The quantitative estimate of drug-likeness (QED) is 0.677. The van der Waals surface area contributed by atoms with Crippen LogP contribution in [0.2, 0.25) is 0 Å². The maximum atomic E-state index is 12.1. The number of carbonyl (C=O) groups excluding carboxylic acids is 2. The molecule has 0 atom stereocenters. The number of hydrogen-bond acceptors (Lipinski definition) is 5. The van der Waals surface area contributed by atoms with Gasteiger partial charge in [0, 0.05) is 12.0 Å². The monoisotopic (exact) mass is 350 g/mol. The molecule has 2 N–H and O–H groups in total. The average Bonchev–Trinajstić information content (AvgIpc) is 3.19. The minimum absolute atomic E-state index is 0.245. The number of rotatable bonds is 5. The lowest BCUT2D eigenvalue weighted by Crippen LogP contribution is -2.41. The molecule has 0 saturated carbocycles. The van der Waals surface area contributed by atoms with Crippen molar-refractivity contribution in [1.29, 1.82) is 0 Å². The van der Waals surface area contributed by atoms with E-state index in [1.807, 2.05) is 31.2 Å². The minimum Gasteiger partial charge on any atom is -0.273 e. The number of carbonyl (C=O) groups is 2. The summed E-state index contributed by atoms with van der Waals surface area (Å²) in [5, 5.41) is 10.9. The van der Waals surface area contributed by atoms with Gasteiger partial charge in [-0.05, 0) is 53.6 Å². The number of amides is 2. The number of tetrazole rings is 1. The first-order chi connectivity index (χ1) is 12.6. The predicted molar refractivity (Wildman–Crippen MR) is 94.3 cm³/mol. The molecule has 8 nitrogen and oxygen atoms in total. The van der Waals surface area contributed by atoms with E-state index in [1.165, 1.54) is 11.0 Å². The third-order valence-corrected chi connectivity index (χ3v) is 3.78. The molecule has 0 unspecified atom stereocenters. The molecule has 0 aliphatic heterocycles. The van der Waals surface area contributed by atoms with Crippen molar-refractivity contribution in [3.63, 3.8) is 0 Å². The number of aromatic nitrogens is 4. The van der Waals surface area contributed by atoms with Crippen molar-refractivity contribution < 1.29 is 9.59 Å². The van der Waals surface area contributed by atoms with Gasteiger partial charge < -0.3 is 0 Å². The Bertz CT molecular complexity index is 890. The number of nitrogens with one attached hydrogen (secondary N) is 2.